The topological polar surface area (TPSA) is 86.7 Å². The molecule has 7 heteroatoms. The minimum Gasteiger partial charge on any atom is -0.396 e. The number of aliphatic hydroxyl groups is 1. The average Bonchev–Trinajstić information content (AvgIpc) is 2.38. The minimum atomic E-state index is -3.61. The van der Waals surface area contributed by atoms with E-state index in [1.165, 1.54) is 23.4 Å². The molecule has 6 nitrogen and oxygen atoms in total. The highest BCUT2D eigenvalue weighted by Gasteiger charge is 2.26. The van der Waals surface area contributed by atoms with E-state index in [2.05, 4.69) is 5.32 Å². The molecule has 0 aliphatic rings. The van der Waals surface area contributed by atoms with Gasteiger partial charge in [0.05, 0.1) is 4.90 Å². The minimum absolute atomic E-state index is 0.0553. The summed E-state index contributed by atoms with van der Waals surface area (Å²) in [5.74, 6) is -0.211. The summed E-state index contributed by atoms with van der Waals surface area (Å²) in [5.41, 5.74) is 0.549. The van der Waals surface area contributed by atoms with E-state index in [0.717, 1.165) is 0 Å². The van der Waals surface area contributed by atoms with Crippen LogP contribution in [0.2, 0.25) is 0 Å². The molecule has 1 aromatic carbocycles. The molecule has 1 aromatic rings. The molecule has 0 spiro atoms. The van der Waals surface area contributed by atoms with Crippen molar-refractivity contribution in [1.29, 1.82) is 0 Å². The zero-order chi connectivity index (χ0) is 16.0. The highest BCUT2D eigenvalue weighted by molar-refractivity contribution is 7.89. The van der Waals surface area contributed by atoms with E-state index >= 15 is 0 Å². The standard InChI is InChI=1S/C14H22N2O4S/c1-11(2)16(9-4-10-17)21(19,20)14-7-5-13(6-8-14)15-12(3)18/h5-8,11,17H,4,9-10H2,1-3H3,(H,15,18). The second kappa shape index (κ2) is 7.53. The number of benzene rings is 1. The molecule has 2 N–H and O–H groups in total. The lowest BCUT2D eigenvalue weighted by Crippen LogP contribution is -2.38. The Bertz CT molecular complexity index is 567. The molecule has 0 unspecified atom stereocenters. The fraction of sp³-hybridized carbons (Fsp3) is 0.500. The van der Waals surface area contributed by atoms with Crippen molar-refractivity contribution < 1.29 is 18.3 Å². The van der Waals surface area contributed by atoms with E-state index in [1.54, 1.807) is 26.0 Å². The summed E-state index contributed by atoms with van der Waals surface area (Å²) in [7, 11) is -3.61. The van der Waals surface area contributed by atoms with Crippen molar-refractivity contribution >= 4 is 21.6 Å². The van der Waals surface area contributed by atoms with E-state index in [0.29, 0.717) is 12.1 Å². The number of hydrogen-bond acceptors (Lipinski definition) is 4. The Labute approximate surface area is 125 Å². The predicted molar refractivity (Wildman–Crippen MR) is 81.5 cm³/mol. The van der Waals surface area contributed by atoms with E-state index < -0.39 is 10.0 Å². The normalized spacial score (nSPS) is 11.9. The van der Waals surface area contributed by atoms with E-state index in [-0.39, 0.29) is 30.0 Å². The molecule has 0 atom stereocenters. The first-order valence-corrected chi connectivity index (χ1v) is 8.23. The molecular weight excluding hydrogens is 292 g/mol. The molecule has 0 fully saturated rings. The van der Waals surface area contributed by atoms with Gasteiger partial charge in [0.15, 0.2) is 0 Å². The molecule has 118 valence electrons. The van der Waals surface area contributed by atoms with Crippen LogP contribution in [0.4, 0.5) is 5.69 Å². The van der Waals surface area contributed by atoms with E-state index in [4.69, 9.17) is 5.11 Å². The molecule has 0 aliphatic heterocycles. The molecule has 0 heterocycles. The van der Waals surface area contributed by atoms with Gasteiger partial charge in [-0.25, -0.2) is 8.42 Å². The number of nitrogens with zero attached hydrogens (tertiary/aromatic N) is 1. The Morgan fingerprint density at radius 3 is 2.29 bits per heavy atom. The van der Waals surface area contributed by atoms with Crippen molar-refractivity contribution in [3.05, 3.63) is 24.3 Å². The van der Waals surface area contributed by atoms with Gasteiger partial charge in [-0.2, -0.15) is 4.31 Å². The maximum absolute atomic E-state index is 12.6. The highest BCUT2D eigenvalue weighted by Crippen LogP contribution is 2.20. The lowest BCUT2D eigenvalue weighted by atomic mass is 10.3. The van der Waals surface area contributed by atoms with Crippen LogP contribution in [0.1, 0.15) is 27.2 Å². The quantitative estimate of drug-likeness (QED) is 0.797. The number of carbonyl (C=O) groups excluding carboxylic acids is 1. The summed E-state index contributed by atoms with van der Waals surface area (Å²) in [5, 5.41) is 11.5. The van der Waals surface area contributed by atoms with Crippen LogP contribution in [0, 0.1) is 0 Å². The van der Waals surface area contributed by atoms with Gasteiger partial charge in [0.25, 0.3) is 0 Å². The van der Waals surface area contributed by atoms with Gasteiger partial charge in [0.2, 0.25) is 15.9 Å². The Morgan fingerprint density at radius 1 is 1.29 bits per heavy atom. The average molecular weight is 314 g/mol. The summed E-state index contributed by atoms with van der Waals surface area (Å²) in [6, 6.07) is 5.85. The van der Waals surface area contributed by atoms with Crippen molar-refractivity contribution in [1.82, 2.24) is 4.31 Å². The highest BCUT2D eigenvalue weighted by atomic mass is 32.2. The lowest BCUT2D eigenvalue weighted by Gasteiger charge is -2.25. The molecule has 0 saturated heterocycles. The number of hydrogen-bond donors (Lipinski definition) is 2. The Kier molecular flexibility index (Phi) is 6.32. The van der Waals surface area contributed by atoms with Crippen LogP contribution in [-0.2, 0) is 14.8 Å². The van der Waals surface area contributed by atoms with Crippen LogP contribution in [0.3, 0.4) is 0 Å². The van der Waals surface area contributed by atoms with Crippen molar-refractivity contribution in [2.24, 2.45) is 0 Å². The number of amides is 1. The Morgan fingerprint density at radius 2 is 1.86 bits per heavy atom. The summed E-state index contributed by atoms with van der Waals surface area (Å²) >= 11 is 0. The van der Waals surface area contributed by atoms with Crippen LogP contribution < -0.4 is 5.32 Å². The smallest absolute Gasteiger partial charge is 0.243 e. The molecule has 0 bridgehead atoms. The molecule has 0 saturated carbocycles. The first-order valence-electron chi connectivity index (χ1n) is 6.79. The van der Waals surface area contributed by atoms with E-state index in [9.17, 15) is 13.2 Å². The molecule has 21 heavy (non-hydrogen) atoms. The molecule has 0 radical (unpaired) electrons. The van der Waals surface area contributed by atoms with Crippen LogP contribution >= 0.6 is 0 Å². The van der Waals surface area contributed by atoms with Crippen molar-refractivity contribution in [2.45, 2.75) is 38.1 Å². The first kappa shape index (κ1) is 17.6. The molecule has 0 aliphatic carbocycles. The zero-order valence-electron chi connectivity index (χ0n) is 12.5. The summed E-state index contributed by atoms with van der Waals surface area (Å²) < 4.78 is 26.5. The maximum Gasteiger partial charge on any atom is 0.243 e. The third-order valence-corrected chi connectivity index (χ3v) is 4.98. The molecular formula is C14H22N2O4S. The first-order chi connectivity index (χ1) is 9.78. The van der Waals surface area contributed by atoms with Gasteiger partial charge in [0.1, 0.15) is 0 Å². The number of nitrogens with one attached hydrogen (secondary N) is 1. The largest absolute Gasteiger partial charge is 0.396 e. The van der Waals surface area contributed by atoms with Crippen LogP contribution in [0.25, 0.3) is 0 Å². The van der Waals surface area contributed by atoms with Crippen molar-refractivity contribution in [3.63, 3.8) is 0 Å². The number of rotatable bonds is 7. The summed E-state index contributed by atoms with van der Waals surface area (Å²) in [6.07, 6.45) is 0.390. The van der Waals surface area contributed by atoms with Crippen molar-refractivity contribution in [3.8, 4) is 0 Å². The van der Waals surface area contributed by atoms with Crippen LogP contribution in [-0.4, -0.2) is 42.9 Å². The lowest BCUT2D eigenvalue weighted by molar-refractivity contribution is -0.114. The van der Waals surface area contributed by atoms with Gasteiger partial charge in [0, 0.05) is 31.8 Å². The van der Waals surface area contributed by atoms with Crippen LogP contribution in [0.5, 0.6) is 0 Å². The van der Waals surface area contributed by atoms with Crippen molar-refractivity contribution in [2.75, 3.05) is 18.5 Å². The summed E-state index contributed by atoms with van der Waals surface area (Å²) in [4.78, 5) is 11.1. The number of anilines is 1. The number of carbonyl (C=O) groups is 1. The van der Waals surface area contributed by atoms with Gasteiger partial charge < -0.3 is 10.4 Å². The molecule has 0 aromatic heterocycles. The van der Waals surface area contributed by atoms with Gasteiger partial charge in [-0.3, -0.25) is 4.79 Å². The molecule has 1 amide bonds. The number of sulfonamides is 1. The SMILES string of the molecule is CC(=O)Nc1ccc(S(=O)(=O)N(CCCO)C(C)C)cc1. The van der Waals surface area contributed by atoms with Crippen LogP contribution in [0.15, 0.2) is 29.2 Å². The third-order valence-electron chi connectivity index (χ3n) is 2.89. The van der Waals surface area contributed by atoms with Gasteiger partial charge >= 0.3 is 0 Å². The van der Waals surface area contributed by atoms with Gasteiger partial charge in [-0.1, -0.05) is 0 Å². The second-order valence-electron chi connectivity index (χ2n) is 4.99. The van der Waals surface area contributed by atoms with Gasteiger partial charge in [-0.05, 0) is 44.5 Å². The fourth-order valence-corrected chi connectivity index (χ4v) is 3.61. The third kappa shape index (κ3) is 4.80. The number of aliphatic hydroxyl groups excluding tert-OH is 1. The second-order valence-corrected chi connectivity index (χ2v) is 6.88. The Balaban J connectivity index is 3.02. The monoisotopic (exact) mass is 314 g/mol. The molecule has 1 rings (SSSR count). The van der Waals surface area contributed by atoms with Gasteiger partial charge in [-0.15, -0.1) is 0 Å². The summed E-state index contributed by atoms with van der Waals surface area (Å²) in [6.45, 7) is 5.19. The predicted octanol–water partition coefficient (Wildman–Crippen LogP) is 1.43. The maximum atomic E-state index is 12.6. The fourth-order valence-electron chi connectivity index (χ4n) is 1.93. The zero-order valence-corrected chi connectivity index (χ0v) is 13.4. The van der Waals surface area contributed by atoms with E-state index in [1.807, 2.05) is 0 Å². The Hall–Kier alpha value is -1.44.